The number of fused-ring (bicyclic) bond motifs is 1. The van der Waals surface area contributed by atoms with Crippen molar-refractivity contribution in [3.05, 3.63) is 70.2 Å². The summed E-state index contributed by atoms with van der Waals surface area (Å²) >= 11 is 3.37. The van der Waals surface area contributed by atoms with Gasteiger partial charge in [-0.05, 0) is 17.7 Å². The Morgan fingerprint density at radius 1 is 1.08 bits per heavy atom. The zero-order valence-electron chi connectivity index (χ0n) is 13.1. The number of benzene rings is 2. The van der Waals surface area contributed by atoms with E-state index in [9.17, 15) is 9.59 Å². The number of carbonyl (C=O) groups is 2. The van der Waals surface area contributed by atoms with E-state index in [1.807, 2.05) is 42.5 Å². The molecule has 0 saturated carbocycles. The number of ketones is 1. The van der Waals surface area contributed by atoms with Gasteiger partial charge in [-0.2, -0.15) is 5.10 Å². The van der Waals surface area contributed by atoms with Crippen molar-refractivity contribution >= 4 is 33.4 Å². The quantitative estimate of drug-likeness (QED) is 0.654. The number of Topliss-reactive ketones (excluding diaryl/α,β-unsaturated/α-hetero) is 1. The fourth-order valence-corrected chi connectivity index (χ4v) is 3.38. The molecule has 0 spiro atoms. The molecule has 1 amide bonds. The highest BCUT2D eigenvalue weighted by molar-refractivity contribution is 9.10. The second-order valence-corrected chi connectivity index (χ2v) is 6.82. The molecule has 124 valence electrons. The Labute approximate surface area is 152 Å². The summed E-state index contributed by atoms with van der Waals surface area (Å²) in [6, 6.07) is 16.9. The Hall–Kier alpha value is -2.73. The summed E-state index contributed by atoms with van der Waals surface area (Å²) in [6.07, 6.45) is 0.112. The summed E-state index contributed by atoms with van der Waals surface area (Å²) in [5, 5.41) is 9.94. The van der Waals surface area contributed by atoms with Gasteiger partial charge in [-0.3, -0.25) is 14.7 Å². The van der Waals surface area contributed by atoms with Gasteiger partial charge < -0.3 is 5.32 Å². The fraction of sp³-hybridized carbons (Fsp3) is 0.105. The first kappa shape index (κ1) is 15.8. The molecule has 2 heterocycles. The Morgan fingerprint density at radius 2 is 1.80 bits per heavy atom. The van der Waals surface area contributed by atoms with Gasteiger partial charge in [0.1, 0.15) is 0 Å². The lowest BCUT2D eigenvalue weighted by Crippen LogP contribution is -2.27. The van der Waals surface area contributed by atoms with Crippen molar-refractivity contribution in [1.29, 1.82) is 0 Å². The number of amides is 1. The molecule has 2 aromatic carbocycles. The molecule has 0 bridgehead atoms. The van der Waals surface area contributed by atoms with Crippen LogP contribution in [0.25, 0.3) is 11.3 Å². The third-order valence-electron chi connectivity index (χ3n) is 4.31. The third-order valence-corrected chi connectivity index (χ3v) is 4.84. The standard InChI is InChI=1S/C19H14BrN3O2/c20-13-8-6-12(7-9-13)18(25)14-10-15(24)21-19-16(14)17(22-23-19)11-4-2-1-3-5-11/h1-9,14H,10H2,(H2,21,22,23,24)/t14-/m0/s1. The zero-order chi connectivity index (χ0) is 17.4. The molecule has 1 aliphatic heterocycles. The lowest BCUT2D eigenvalue weighted by Gasteiger charge is -2.22. The van der Waals surface area contributed by atoms with E-state index in [2.05, 4.69) is 31.4 Å². The van der Waals surface area contributed by atoms with Crippen molar-refractivity contribution in [1.82, 2.24) is 10.2 Å². The summed E-state index contributed by atoms with van der Waals surface area (Å²) in [4.78, 5) is 25.1. The van der Waals surface area contributed by atoms with Gasteiger partial charge in [0.05, 0.1) is 11.6 Å². The molecule has 1 aliphatic rings. The topological polar surface area (TPSA) is 74.8 Å². The number of aromatic amines is 1. The molecule has 3 aromatic rings. The minimum atomic E-state index is -0.557. The molecule has 4 rings (SSSR count). The molecule has 25 heavy (non-hydrogen) atoms. The van der Waals surface area contributed by atoms with Crippen LogP contribution in [0.2, 0.25) is 0 Å². The zero-order valence-corrected chi connectivity index (χ0v) is 14.7. The molecule has 1 aromatic heterocycles. The number of carbonyl (C=O) groups excluding carboxylic acids is 2. The minimum Gasteiger partial charge on any atom is -0.309 e. The number of aromatic nitrogens is 2. The van der Waals surface area contributed by atoms with Gasteiger partial charge >= 0.3 is 0 Å². The van der Waals surface area contributed by atoms with Crippen molar-refractivity contribution in [3.63, 3.8) is 0 Å². The Morgan fingerprint density at radius 3 is 2.52 bits per heavy atom. The summed E-state index contributed by atoms with van der Waals surface area (Å²) in [5.74, 6) is -0.402. The lowest BCUT2D eigenvalue weighted by atomic mass is 9.84. The first-order valence-corrected chi connectivity index (χ1v) is 8.66. The van der Waals surface area contributed by atoms with E-state index in [0.29, 0.717) is 11.4 Å². The SMILES string of the molecule is O=C1C[C@H](C(=O)c2ccc(Br)cc2)c2c(n[nH]c2-c2ccccc2)N1. The average molecular weight is 396 g/mol. The second kappa shape index (κ2) is 6.29. The van der Waals surface area contributed by atoms with E-state index in [-0.39, 0.29) is 18.1 Å². The summed E-state index contributed by atoms with van der Waals surface area (Å²) in [6.45, 7) is 0. The van der Waals surface area contributed by atoms with Crippen LogP contribution in [-0.4, -0.2) is 21.9 Å². The number of anilines is 1. The highest BCUT2D eigenvalue weighted by Crippen LogP contribution is 2.39. The maximum Gasteiger partial charge on any atom is 0.226 e. The third kappa shape index (κ3) is 2.89. The van der Waals surface area contributed by atoms with E-state index >= 15 is 0 Å². The largest absolute Gasteiger partial charge is 0.309 e. The van der Waals surface area contributed by atoms with Crippen LogP contribution in [0, 0.1) is 0 Å². The van der Waals surface area contributed by atoms with E-state index in [1.165, 1.54) is 0 Å². The Kier molecular flexibility index (Phi) is 3.97. The number of nitrogens with zero attached hydrogens (tertiary/aromatic N) is 1. The van der Waals surface area contributed by atoms with Crippen LogP contribution in [0.3, 0.4) is 0 Å². The molecule has 6 heteroatoms. The molecule has 0 unspecified atom stereocenters. The molecule has 0 saturated heterocycles. The van der Waals surface area contributed by atoms with Gasteiger partial charge in [0.25, 0.3) is 0 Å². The van der Waals surface area contributed by atoms with Gasteiger partial charge in [-0.1, -0.05) is 58.4 Å². The molecule has 2 N–H and O–H groups in total. The number of nitrogens with one attached hydrogen (secondary N) is 2. The van der Waals surface area contributed by atoms with Crippen molar-refractivity contribution in [3.8, 4) is 11.3 Å². The second-order valence-electron chi connectivity index (χ2n) is 5.90. The summed E-state index contributed by atoms with van der Waals surface area (Å²) < 4.78 is 0.902. The maximum absolute atomic E-state index is 13.1. The van der Waals surface area contributed by atoms with Crippen LogP contribution < -0.4 is 5.32 Å². The molecule has 0 fully saturated rings. The van der Waals surface area contributed by atoms with E-state index in [0.717, 1.165) is 21.3 Å². The first-order valence-electron chi connectivity index (χ1n) is 7.87. The highest BCUT2D eigenvalue weighted by atomic mass is 79.9. The van der Waals surface area contributed by atoms with Gasteiger partial charge in [0.15, 0.2) is 11.6 Å². The summed E-state index contributed by atoms with van der Waals surface area (Å²) in [5.41, 5.74) is 3.03. The number of hydrogen-bond donors (Lipinski definition) is 2. The van der Waals surface area contributed by atoms with E-state index < -0.39 is 5.92 Å². The van der Waals surface area contributed by atoms with E-state index in [1.54, 1.807) is 12.1 Å². The molecule has 1 atom stereocenters. The first-order chi connectivity index (χ1) is 12.1. The number of halogens is 1. The van der Waals surface area contributed by atoms with Crippen LogP contribution in [-0.2, 0) is 4.79 Å². The Bertz CT molecular complexity index is 949. The molecule has 5 nitrogen and oxygen atoms in total. The van der Waals surface area contributed by atoms with Crippen molar-refractivity contribution < 1.29 is 9.59 Å². The van der Waals surface area contributed by atoms with Crippen molar-refractivity contribution in [2.24, 2.45) is 0 Å². The summed E-state index contributed by atoms with van der Waals surface area (Å²) in [7, 11) is 0. The molecule has 0 aliphatic carbocycles. The smallest absolute Gasteiger partial charge is 0.226 e. The van der Waals surface area contributed by atoms with Crippen LogP contribution in [0.4, 0.5) is 5.82 Å². The number of rotatable bonds is 3. The average Bonchev–Trinajstić information content (AvgIpc) is 3.05. The lowest BCUT2D eigenvalue weighted by molar-refractivity contribution is -0.116. The highest BCUT2D eigenvalue weighted by Gasteiger charge is 2.35. The fourth-order valence-electron chi connectivity index (χ4n) is 3.12. The van der Waals surface area contributed by atoms with Crippen LogP contribution in [0.1, 0.15) is 28.3 Å². The van der Waals surface area contributed by atoms with Crippen LogP contribution >= 0.6 is 15.9 Å². The van der Waals surface area contributed by atoms with Crippen molar-refractivity contribution in [2.45, 2.75) is 12.3 Å². The Balaban J connectivity index is 1.81. The minimum absolute atomic E-state index is 0.0813. The predicted molar refractivity (Wildman–Crippen MR) is 98.5 cm³/mol. The van der Waals surface area contributed by atoms with Gasteiger partial charge in [0.2, 0.25) is 5.91 Å². The number of H-pyrrole nitrogens is 1. The molecule has 0 radical (unpaired) electrons. The number of hydrogen-bond acceptors (Lipinski definition) is 3. The predicted octanol–water partition coefficient (Wildman–Crippen LogP) is 4.15. The van der Waals surface area contributed by atoms with Crippen LogP contribution in [0.5, 0.6) is 0 Å². The normalized spacial score (nSPS) is 16.2. The van der Waals surface area contributed by atoms with Crippen molar-refractivity contribution in [2.75, 3.05) is 5.32 Å². The maximum atomic E-state index is 13.1. The van der Waals surface area contributed by atoms with E-state index in [4.69, 9.17) is 0 Å². The van der Waals surface area contributed by atoms with Gasteiger partial charge in [-0.25, -0.2) is 0 Å². The van der Waals surface area contributed by atoms with Gasteiger partial charge in [0, 0.05) is 22.0 Å². The van der Waals surface area contributed by atoms with Crippen LogP contribution in [0.15, 0.2) is 59.1 Å². The van der Waals surface area contributed by atoms with Gasteiger partial charge in [-0.15, -0.1) is 0 Å². The molecular formula is C19H14BrN3O2. The monoisotopic (exact) mass is 395 g/mol. The molecular weight excluding hydrogens is 382 g/mol.